The van der Waals surface area contributed by atoms with E-state index in [0.717, 1.165) is 56.5 Å². The lowest BCUT2D eigenvalue weighted by Crippen LogP contribution is -2.48. The molecule has 4 rings (SSSR count). The van der Waals surface area contributed by atoms with Crippen LogP contribution in [0, 0.1) is 5.41 Å². The Hall–Kier alpha value is -2.60. The van der Waals surface area contributed by atoms with Gasteiger partial charge in [0.15, 0.2) is 6.61 Å². The molecule has 0 bridgehead atoms. The molecule has 5 nitrogen and oxygen atoms in total. The fourth-order valence-corrected chi connectivity index (χ4v) is 5.07. The molecule has 2 aliphatic heterocycles. The van der Waals surface area contributed by atoms with Crippen molar-refractivity contribution in [1.82, 2.24) is 10.2 Å². The Morgan fingerprint density at radius 3 is 2.77 bits per heavy atom. The molecule has 1 fully saturated rings. The molecule has 0 unspecified atom stereocenters. The molecule has 3 heterocycles. The molecular weight excluding hydrogens is 408 g/mol. The van der Waals surface area contributed by atoms with E-state index < -0.39 is 0 Å². The normalized spacial score (nSPS) is 20.0. The summed E-state index contributed by atoms with van der Waals surface area (Å²) in [6.07, 6.45) is 9.33. The predicted octanol–water partition coefficient (Wildman–Crippen LogP) is 3.99. The Kier molecular flexibility index (Phi) is 7.07. The van der Waals surface area contributed by atoms with Gasteiger partial charge in [0.25, 0.3) is 5.91 Å². The minimum atomic E-state index is -0.0896. The van der Waals surface area contributed by atoms with Gasteiger partial charge in [-0.15, -0.1) is 11.3 Å². The van der Waals surface area contributed by atoms with Crippen molar-refractivity contribution in [3.8, 4) is 5.75 Å². The van der Waals surface area contributed by atoms with E-state index in [2.05, 4.69) is 28.9 Å². The SMILES string of the molecule is O=C1COc2ccccc2C/C=C/CC2(CCN(C(=O)CCc3cccs3)CC2)CN1. The summed E-state index contributed by atoms with van der Waals surface area (Å²) >= 11 is 1.71. The topological polar surface area (TPSA) is 58.6 Å². The first-order valence-corrected chi connectivity index (χ1v) is 11.9. The van der Waals surface area contributed by atoms with Crippen molar-refractivity contribution in [1.29, 1.82) is 0 Å². The van der Waals surface area contributed by atoms with Crippen LogP contribution in [-0.2, 0) is 22.4 Å². The first kappa shape index (κ1) is 21.6. The van der Waals surface area contributed by atoms with Gasteiger partial charge in [0.05, 0.1) is 0 Å². The van der Waals surface area contributed by atoms with Crippen molar-refractivity contribution >= 4 is 23.2 Å². The minimum absolute atomic E-state index is 0.00456. The van der Waals surface area contributed by atoms with Crippen LogP contribution in [0.4, 0.5) is 0 Å². The minimum Gasteiger partial charge on any atom is -0.483 e. The number of para-hydroxylation sites is 1. The Labute approximate surface area is 188 Å². The molecule has 164 valence electrons. The molecule has 1 spiro atoms. The lowest BCUT2D eigenvalue weighted by atomic mass is 9.75. The van der Waals surface area contributed by atoms with Crippen LogP contribution in [0.1, 0.15) is 36.1 Å². The molecule has 2 aromatic rings. The van der Waals surface area contributed by atoms with E-state index in [1.54, 1.807) is 11.3 Å². The van der Waals surface area contributed by atoms with E-state index in [-0.39, 0.29) is 23.8 Å². The van der Waals surface area contributed by atoms with Crippen molar-refractivity contribution in [2.45, 2.75) is 38.5 Å². The summed E-state index contributed by atoms with van der Waals surface area (Å²) in [5, 5.41) is 5.13. The van der Waals surface area contributed by atoms with Gasteiger partial charge >= 0.3 is 0 Å². The van der Waals surface area contributed by atoms with Crippen LogP contribution in [0.5, 0.6) is 5.75 Å². The molecule has 2 amide bonds. The third-order valence-corrected chi connectivity index (χ3v) is 7.33. The van der Waals surface area contributed by atoms with Crippen molar-refractivity contribution in [3.63, 3.8) is 0 Å². The molecule has 1 N–H and O–H groups in total. The van der Waals surface area contributed by atoms with Crippen LogP contribution in [0.2, 0.25) is 0 Å². The fourth-order valence-electron chi connectivity index (χ4n) is 4.36. The second-order valence-electron chi connectivity index (χ2n) is 8.51. The fraction of sp³-hybridized carbons (Fsp3) is 0.440. The number of nitrogens with zero attached hydrogens (tertiary/aromatic N) is 1. The van der Waals surface area contributed by atoms with Crippen LogP contribution < -0.4 is 10.1 Å². The maximum Gasteiger partial charge on any atom is 0.257 e. The highest BCUT2D eigenvalue weighted by Gasteiger charge is 2.35. The molecule has 0 radical (unpaired) electrons. The van der Waals surface area contributed by atoms with Crippen molar-refractivity contribution in [3.05, 3.63) is 64.4 Å². The van der Waals surface area contributed by atoms with Gasteiger partial charge in [-0.2, -0.15) is 0 Å². The third kappa shape index (κ3) is 5.76. The molecule has 0 atom stereocenters. The number of fused-ring (bicyclic) bond motifs is 1. The first-order chi connectivity index (χ1) is 15.1. The number of aryl methyl sites for hydroxylation is 1. The molecule has 0 saturated carbocycles. The van der Waals surface area contributed by atoms with E-state index in [9.17, 15) is 9.59 Å². The number of hydrogen-bond acceptors (Lipinski definition) is 4. The van der Waals surface area contributed by atoms with Gasteiger partial charge in [0.1, 0.15) is 5.75 Å². The smallest absolute Gasteiger partial charge is 0.257 e. The molecular formula is C25H30N2O3S. The average Bonchev–Trinajstić information content (AvgIpc) is 3.32. The quantitative estimate of drug-likeness (QED) is 0.738. The Morgan fingerprint density at radius 2 is 1.97 bits per heavy atom. The number of allylic oxidation sites excluding steroid dienone is 2. The highest BCUT2D eigenvalue weighted by molar-refractivity contribution is 7.09. The number of rotatable bonds is 3. The predicted molar refractivity (Wildman–Crippen MR) is 123 cm³/mol. The number of piperidine rings is 1. The summed E-state index contributed by atoms with van der Waals surface area (Å²) in [4.78, 5) is 28.3. The summed E-state index contributed by atoms with van der Waals surface area (Å²) < 4.78 is 5.76. The molecule has 1 saturated heterocycles. The summed E-state index contributed by atoms with van der Waals surface area (Å²) in [6.45, 7) is 2.17. The van der Waals surface area contributed by atoms with Crippen LogP contribution >= 0.6 is 11.3 Å². The van der Waals surface area contributed by atoms with Gasteiger partial charge in [-0.1, -0.05) is 36.4 Å². The van der Waals surface area contributed by atoms with E-state index in [1.165, 1.54) is 4.88 Å². The van der Waals surface area contributed by atoms with Gasteiger partial charge in [0, 0.05) is 30.9 Å². The van der Waals surface area contributed by atoms with Crippen molar-refractivity contribution < 1.29 is 14.3 Å². The van der Waals surface area contributed by atoms with E-state index >= 15 is 0 Å². The van der Waals surface area contributed by atoms with Gasteiger partial charge < -0.3 is 15.0 Å². The van der Waals surface area contributed by atoms with E-state index in [4.69, 9.17) is 4.74 Å². The maximum absolute atomic E-state index is 12.7. The molecule has 6 heteroatoms. The zero-order valence-electron chi connectivity index (χ0n) is 17.8. The molecule has 0 aliphatic carbocycles. The Balaban J connectivity index is 1.36. The standard InChI is InChI=1S/C25H30N2O3S/c28-23-18-30-22-9-2-1-6-20(22)7-3-4-12-25(19-26-23)13-15-27(16-14-25)24(29)11-10-21-8-5-17-31-21/h1-6,8-9,17H,7,10-16,18-19H2,(H,26,28)/b4-3+. The van der Waals surface area contributed by atoms with Gasteiger partial charge in [-0.05, 0) is 60.6 Å². The number of benzene rings is 1. The van der Waals surface area contributed by atoms with Crippen LogP contribution in [0.25, 0.3) is 0 Å². The number of hydrogen-bond donors (Lipinski definition) is 1. The Morgan fingerprint density at radius 1 is 1.13 bits per heavy atom. The van der Waals surface area contributed by atoms with Gasteiger partial charge in [-0.3, -0.25) is 9.59 Å². The van der Waals surface area contributed by atoms with Crippen LogP contribution in [0.3, 0.4) is 0 Å². The van der Waals surface area contributed by atoms with Crippen LogP contribution in [-0.4, -0.2) is 43.0 Å². The number of carbonyl (C=O) groups is 2. The first-order valence-electron chi connectivity index (χ1n) is 11.1. The van der Waals surface area contributed by atoms with Gasteiger partial charge in [0.2, 0.25) is 5.91 Å². The van der Waals surface area contributed by atoms with Gasteiger partial charge in [-0.25, -0.2) is 0 Å². The zero-order chi connectivity index (χ0) is 21.5. The molecule has 1 aromatic heterocycles. The number of ether oxygens (including phenoxy) is 1. The average molecular weight is 439 g/mol. The Bertz CT molecular complexity index is 915. The summed E-state index contributed by atoms with van der Waals surface area (Å²) in [6, 6.07) is 12.0. The summed E-state index contributed by atoms with van der Waals surface area (Å²) in [5.41, 5.74) is 1.09. The largest absolute Gasteiger partial charge is 0.483 e. The number of carbonyl (C=O) groups excluding carboxylic acids is 2. The third-order valence-electron chi connectivity index (χ3n) is 6.39. The van der Waals surface area contributed by atoms with E-state index in [1.807, 2.05) is 35.2 Å². The van der Waals surface area contributed by atoms with Crippen molar-refractivity contribution in [2.24, 2.45) is 5.41 Å². The molecule has 2 aliphatic rings. The van der Waals surface area contributed by atoms with Crippen LogP contribution in [0.15, 0.2) is 53.9 Å². The molecule has 1 aromatic carbocycles. The zero-order valence-corrected chi connectivity index (χ0v) is 18.7. The number of likely N-dealkylation sites (tertiary alicyclic amines) is 1. The maximum atomic E-state index is 12.7. The second kappa shape index (κ2) is 10.1. The summed E-state index contributed by atoms with van der Waals surface area (Å²) in [7, 11) is 0. The number of nitrogens with one attached hydrogen (secondary N) is 1. The van der Waals surface area contributed by atoms with E-state index in [0.29, 0.717) is 13.0 Å². The number of thiophene rings is 1. The number of amides is 2. The van der Waals surface area contributed by atoms with Crippen molar-refractivity contribution in [2.75, 3.05) is 26.2 Å². The lowest BCUT2D eigenvalue weighted by molar-refractivity contribution is -0.134. The highest BCUT2D eigenvalue weighted by Crippen LogP contribution is 2.35. The lowest BCUT2D eigenvalue weighted by Gasteiger charge is -2.41. The monoisotopic (exact) mass is 438 g/mol. The molecule has 31 heavy (non-hydrogen) atoms. The highest BCUT2D eigenvalue weighted by atomic mass is 32.1. The second-order valence-corrected chi connectivity index (χ2v) is 9.55. The summed E-state index contributed by atoms with van der Waals surface area (Å²) in [5.74, 6) is 0.918.